The van der Waals surface area contributed by atoms with Gasteiger partial charge in [0.1, 0.15) is 10.9 Å². The summed E-state index contributed by atoms with van der Waals surface area (Å²) < 4.78 is 0. The highest BCUT2D eigenvalue weighted by atomic mass is 32.1. The van der Waals surface area contributed by atoms with Gasteiger partial charge in [-0.25, -0.2) is 0 Å². The Morgan fingerprint density at radius 3 is 2.79 bits per heavy atom. The van der Waals surface area contributed by atoms with Crippen LogP contribution in [0.5, 0.6) is 0 Å². The van der Waals surface area contributed by atoms with Crippen molar-refractivity contribution in [2.75, 3.05) is 0 Å². The molecule has 2 aromatic rings. The second-order valence-corrected chi connectivity index (χ2v) is 4.79. The Hall–Kier alpha value is -1.15. The zero-order chi connectivity index (χ0) is 9.97. The van der Waals surface area contributed by atoms with Crippen molar-refractivity contribution in [2.45, 2.75) is 6.54 Å². The van der Waals surface area contributed by atoms with Crippen LogP contribution in [0.4, 0.5) is 0 Å². The van der Waals surface area contributed by atoms with Crippen molar-refractivity contribution in [3.05, 3.63) is 34.0 Å². The summed E-state index contributed by atoms with van der Waals surface area (Å²) in [5, 5.41) is 10.7. The summed E-state index contributed by atoms with van der Waals surface area (Å²) in [5.41, 5.74) is 6.68. The minimum absolute atomic E-state index is 0.576. The molecule has 0 aliphatic heterocycles. The van der Waals surface area contributed by atoms with Crippen molar-refractivity contribution in [1.29, 1.82) is 5.26 Å². The average Bonchev–Trinajstić information content (AvgIpc) is 2.86. The topological polar surface area (TPSA) is 49.8 Å². The molecule has 0 aromatic carbocycles. The number of nitrogens with two attached hydrogens (primary N) is 1. The maximum absolute atomic E-state index is 8.69. The average molecular weight is 220 g/mol. The second kappa shape index (κ2) is 3.93. The van der Waals surface area contributed by atoms with E-state index < -0.39 is 0 Å². The van der Waals surface area contributed by atoms with Gasteiger partial charge in [0.05, 0.1) is 0 Å². The third kappa shape index (κ3) is 1.70. The molecule has 0 spiro atoms. The molecule has 14 heavy (non-hydrogen) atoms. The van der Waals surface area contributed by atoms with Crippen LogP contribution in [-0.2, 0) is 6.54 Å². The molecule has 0 saturated heterocycles. The van der Waals surface area contributed by atoms with Gasteiger partial charge in [0.15, 0.2) is 0 Å². The highest BCUT2D eigenvalue weighted by Gasteiger charge is 2.04. The van der Waals surface area contributed by atoms with Crippen LogP contribution in [0.3, 0.4) is 0 Å². The molecular formula is C10H8N2S2. The Labute approximate surface area is 90.2 Å². The maximum atomic E-state index is 8.69. The lowest BCUT2D eigenvalue weighted by Gasteiger charge is -1.87. The number of thiophene rings is 2. The first kappa shape index (κ1) is 9.41. The van der Waals surface area contributed by atoms with Crippen molar-refractivity contribution >= 4 is 22.7 Å². The van der Waals surface area contributed by atoms with Crippen molar-refractivity contribution in [3.8, 4) is 15.8 Å². The second-order valence-electron chi connectivity index (χ2n) is 2.80. The van der Waals surface area contributed by atoms with Crippen molar-refractivity contribution in [2.24, 2.45) is 5.73 Å². The van der Waals surface area contributed by atoms with Gasteiger partial charge in [-0.05, 0) is 29.1 Å². The molecule has 0 radical (unpaired) electrons. The van der Waals surface area contributed by atoms with Gasteiger partial charge in [-0.2, -0.15) is 5.26 Å². The quantitative estimate of drug-likeness (QED) is 0.846. The lowest BCUT2D eigenvalue weighted by molar-refractivity contribution is 1.08. The fraction of sp³-hybridized carbons (Fsp3) is 0.100. The van der Waals surface area contributed by atoms with E-state index in [2.05, 4.69) is 17.5 Å². The molecule has 2 aromatic heterocycles. The van der Waals surface area contributed by atoms with E-state index in [1.807, 2.05) is 12.1 Å². The molecule has 0 bridgehead atoms. The van der Waals surface area contributed by atoms with Gasteiger partial charge in [-0.1, -0.05) is 0 Å². The number of nitrogens with zero attached hydrogens (tertiary/aromatic N) is 1. The number of nitriles is 1. The Kier molecular flexibility index (Phi) is 2.64. The van der Waals surface area contributed by atoms with Crippen LogP contribution < -0.4 is 5.73 Å². The highest BCUT2D eigenvalue weighted by Crippen LogP contribution is 2.32. The Morgan fingerprint density at radius 1 is 1.36 bits per heavy atom. The van der Waals surface area contributed by atoms with E-state index >= 15 is 0 Å². The van der Waals surface area contributed by atoms with E-state index in [4.69, 9.17) is 11.0 Å². The molecule has 0 atom stereocenters. The van der Waals surface area contributed by atoms with Crippen molar-refractivity contribution in [1.82, 2.24) is 0 Å². The van der Waals surface area contributed by atoms with Crippen LogP contribution >= 0.6 is 22.7 Å². The molecule has 0 aliphatic rings. The van der Waals surface area contributed by atoms with E-state index in [0.717, 1.165) is 15.3 Å². The third-order valence-electron chi connectivity index (χ3n) is 1.85. The SMILES string of the molecule is N#Cc1ccc(-c2cc(CN)cs2)s1. The van der Waals surface area contributed by atoms with Crippen molar-refractivity contribution in [3.63, 3.8) is 0 Å². The first-order valence-corrected chi connectivity index (χ1v) is 5.81. The minimum atomic E-state index is 0.576. The fourth-order valence-corrected chi connectivity index (χ4v) is 2.97. The number of hydrogen-bond donors (Lipinski definition) is 1. The maximum Gasteiger partial charge on any atom is 0.110 e. The molecular weight excluding hydrogens is 212 g/mol. The molecule has 2 heterocycles. The van der Waals surface area contributed by atoms with E-state index in [1.54, 1.807) is 11.3 Å². The molecule has 2 N–H and O–H groups in total. The van der Waals surface area contributed by atoms with Gasteiger partial charge in [-0.3, -0.25) is 0 Å². The summed E-state index contributed by atoms with van der Waals surface area (Å²) in [6, 6.07) is 8.05. The fourth-order valence-electron chi connectivity index (χ4n) is 1.14. The summed E-state index contributed by atoms with van der Waals surface area (Å²) in [6.45, 7) is 0.576. The summed E-state index contributed by atoms with van der Waals surface area (Å²) in [5.74, 6) is 0. The van der Waals surface area contributed by atoms with Gasteiger partial charge >= 0.3 is 0 Å². The highest BCUT2D eigenvalue weighted by molar-refractivity contribution is 7.21. The summed E-state index contributed by atoms with van der Waals surface area (Å²) in [7, 11) is 0. The van der Waals surface area contributed by atoms with Gasteiger partial charge in [0.25, 0.3) is 0 Å². The lowest BCUT2D eigenvalue weighted by Crippen LogP contribution is -1.92. The predicted octanol–water partition coefficient (Wildman–Crippen LogP) is 2.81. The van der Waals surface area contributed by atoms with Gasteiger partial charge in [-0.15, -0.1) is 22.7 Å². The number of hydrogen-bond acceptors (Lipinski definition) is 4. The lowest BCUT2D eigenvalue weighted by atomic mass is 10.3. The molecule has 0 saturated carbocycles. The van der Waals surface area contributed by atoms with Gasteiger partial charge < -0.3 is 5.73 Å². The van der Waals surface area contributed by atoms with Gasteiger partial charge in [0.2, 0.25) is 0 Å². The van der Waals surface area contributed by atoms with E-state index in [0.29, 0.717) is 6.54 Å². The first-order valence-electron chi connectivity index (χ1n) is 4.11. The molecule has 0 amide bonds. The Balaban J connectivity index is 2.35. The van der Waals surface area contributed by atoms with Crippen LogP contribution in [0, 0.1) is 11.3 Å². The van der Waals surface area contributed by atoms with Crippen molar-refractivity contribution < 1.29 is 0 Å². The smallest absolute Gasteiger partial charge is 0.110 e. The molecule has 2 rings (SSSR count). The molecule has 70 valence electrons. The monoisotopic (exact) mass is 220 g/mol. The minimum Gasteiger partial charge on any atom is -0.326 e. The van der Waals surface area contributed by atoms with Gasteiger partial charge in [0, 0.05) is 16.3 Å². The summed E-state index contributed by atoms with van der Waals surface area (Å²) in [4.78, 5) is 3.09. The predicted molar refractivity (Wildman–Crippen MR) is 60.2 cm³/mol. The molecule has 0 unspecified atom stereocenters. The standard InChI is InChI=1S/C10H8N2S2/c11-4-7-3-10(13-6-7)9-2-1-8(5-12)14-9/h1-3,6H,4,11H2. The Morgan fingerprint density at radius 2 is 2.21 bits per heavy atom. The molecule has 2 nitrogen and oxygen atoms in total. The summed E-state index contributed by atoms with van der Waals surface area (Å²) >= 11 is 3.19. The van der Waals surface area contributed by atoms with Crippen LogP contribution in [-0.4, -0.2) is 0 Å². The molecule has 0 fully saturated rings. The van der Waals surface area contributed by atoms with Crippen LogP contribution in [0.2, 0.25) is 0 Å². The Bertz CT molecular complexity index is 476. The zero-order valence-corrected chi connectivity index (χ0v) is 8.99. The van der Waals surface area contributed by atoms with Crippen LogP contribution in [0.15, 0.2) is 23.6 Å². The first-order chi connectivity index (χ1) is 6.83. The van der Waals surface area contributed by atoms with Crippen LogP contribution in [0.25, 0.3) is 9.75 Å². The van der Waals surface area contributed by atoms with E-state index in [9.17, 15) is 0 Å². The van der Waals surface area contributed by atoms with Crippen LogP contribution in [0.1, 0.15) is 10.4 Å². The molecule has 0 aliphatic carbocycles. The molecule has 4 heteroatoms. The third-order valence-corrected chi connectivity index (χ3v) is 4.01. The largest absolute Gasteiger partial charge is 0.326 e. The van der Waals surface area contributed by atoms with E-state index in [1.165, 1.54) is 16.2 Å². The summed E-state index contributed by atoms with van der Waals surface area (Å²) in [6.07, 6.45) is 0. The number of rotatable bonds is 2. The van der Waals surface area contributed by atoms with E-state index in [-0.39, 0.29) is 0 Å². The normalized spacial score (nSPS) is 10.0. The zero-order valence-electron chi connectivity index (χ0n) is 7.36.